The molecule has 0 amide bonds. The van der Waals surface area contributed by atoms with Crippen LogP contribution in [0.25, 0.3) is 10.9 Å². The number of hydrogen-bond acceptors (Lipinski definition) is 5. The largest absolute Gasteiger partial charge is 0.363 e. The van der Waals surface area contributed by atoms with E-state index in [1.54, 1.807) is 6.07 Å². The first kappa shape index (κ1) is 21.6. The zero-order valence-electron chi connectivity index (χ0n) is 19.8. The lowest BCUT2D eigenvalue weighted by Crippen LogP contribution is -2.41. The summed E-state index contributed by atoms with van der Waals surface area (Å²) in [5.41, 5.74) is 2.85. The van der Waals surface area contributed by atoms with E-state index < -0.39 is 5.92 Å². The molecule has 2 aliphatic heterocycles. The zero-order valence-corrected chi connectivity index (χ0v) is 19.8. The van der Waals surface area contributed by atoms with E-state index in [1.807, 2.05) is 37.6 Å². The molecule has 1 atom stereocenters. The Balaban J connectivity index is 1.46. The number of fused-ring (bicyclic) bond motifs is 4. The Bertz CT molecular complexity index is 1370. The molecule has 8 heteroatoms. The molecule has 6 rings (SSSR count). The fraction of sp³-hybridized carbons (Fsp3) is 0.500. The molecule has 0 spiro atoms. The lowest BCUT2D eigenvalue weighted by molar-refractivity contribution is -0.00184. The highest BCUT2D eigenvalue weighted by molar-refractivity contribution is 5.90. The summed E-state index contributed by atoms with van der Waals surface area (Å²) >= 11 is 0. The monoisotopic (exact) mass is 465 g/mol. The van der Waals surface area contributed by atoms with Gasteiger partial charge in [-0.05, 0) is 51.2 Å². The van der Waals surface area contributed by atoms with Crippen molar-refractivity contribution < 1.29 is 8.78 Å². The molecule has 2 bridgehead atoms. The molecule has 1 aliphatic carbocycles. The molecular formula is C26H29F2N5O. The SMILES string of the molecule is Cc1nc(N[C@H](C)c2cccc3c2CCC3(F)F)c2cn(C34CCN(CC3)C4)c(=O)c(C)c2n1. The second-order valence-corrected chi connectivity index (χ2v) is 10.3. The minimum absolute atomic E-state index is 0.0106. The maximum atomic E-state index is 14.3. The van der Waals surface area contributed by atoms with E-state index in [0.717, 1.165) is 49.0 Å². The van der Waals surface area contributed by atoms with Gasteiger partial charge < -0.3 is 14.8 Å². The third-order valence-electron chi connectivity index (χ3n) is 8.14. The molecule has 2 aromatic heterocycles. The Morgan fingerprint density at radius 2 is 1.88 bits per heavy atom. The summed E-state index contributed by atoms with van der Waals surface area (Å²) in [5, 5.41) is 4.28. The first-order valence-electron chi connectivity index (χ1n) is 12.1. The number of aromatic nitrogens is 3. The van der Waals surface area contributed by atoms with Crippen molar-refractivity contribution in [3.05, 3.63) is 62.8 Å². The van der Waals surface area contributed by atoms with Crippen molar-refractivity contribution >= 4 is 16.7 Å². The van der Waals surface area contributed by atoms with Crippen molar-refractivity contribution in [2.75, 3.05) is 25.0 Å². The number of pyridine rings is 1. The number of nitrogens with one attached hydrogen (secondary N) is 1. The second kappa shape index (κ2) is 7.31. The summed E-state index contributed by atoms with van der Waals surface area (Å²) in [4.78, 5) is 25.1. The van der Waals surface area contributed by atoms with Gasteiger partial charge in [0.05, 0.1) is 22.5 Å². The van der Waals surface area contributed by atoms with Gasteiger partial charge in [0, 0.05) is 43.4 Å². The molecular weight excluding hydrogens is 436 g/mol. The number of nitrogens with zero attached hydrogens (tertiary/aromatic N) is 4. The predicted molar refractivity (Wildman–Crippen MR) is 128 cm³/mol. The number of halogens is 2. The average molecular weight is 466 g/mol. The number of benzene rings is 1. The fourth-order valence-electron chi connectivity index (χ4n) is 6.27. The van der Waals surface area contributed by atoms with Crippen LogP contribution in [-0.2, 0) is 17.9 Å². The minimum Gasteiger partial charge on any atom is -0.363 e. The summed E-state index contributed by atoms with van der Waals surface area (Å²) in [7, 11) is 0. The van der Waals surface area contributed by atoms with E-state index in [4.69, 9.17) is 4.98 Å². The van der Waals surface area contributed by atoms with E-state index >= 15 is 0 Å². The third-order valence-corrected chi connectivity index (χ3v) is 8.14. The van der Waals surface area contributed by atoms with Crippen molar-refractivity contribution in [1.82, 2.24) is 19.4 Å². The van der Waals surface area contributed by atoms with Crippen molar-refractivity contribution in [3.63, 3.8) is 0 Å². The van der Waals surface area contributed by atoms with Crippen molar-refractivity contribution in [3.8, 4) is 0 Å². The summed E-state index contributed by atoms with van der Waals surface area (Å²) in [6.45, 7) is 8.55. The first-order chi connectivity index (χ1) is 16.2. The Morgan fingerprint density at radius 3 is 2.59 bits per heavy atom. The van der Waals surface area contributed by atoms with E-state index in [-0.39, 0.29) is 29.1 Å². The smallest absolute Gasteiger partial charge is 0.273 e. The topological polar surface area (TPSA) is 63.1 Å². The highest BCUT2D eigenvalue weighted by Gasteiger charge is 2.46. The van der Waals surface area contributed by atoms with Crippen LogP contribution in [0.4, 0.5) is 14.6 Å². The summed E-state index contributed by atoms with van der Waals surface area (Å²) < 4.78 is 30.6. The van der Waals surface area contributed by atoms with Crippen molar-refractivity contribution in [1.29, 1.82) is 0 Å². The molecule has 0 saturated carbocycles. The Morgan fingerprint density at radius 1 is 1.12 bits per heavy atom. The summed E-state index contributed by atoms with van der Waals surface area (Å²) in [6.07, 6.45) is 4.08. The minimum atomic E-state index is -2.77. The average Bonchev–Trinajstić information content (AvgIpc) is 3.50. The van der Waals surface area contributed by atoms with Crippen molar-refractivity contribution in [2.45, 2.75) is 64.0 Å². The molecule has 1 N–H and O–H groups in total. The molecule has 1 aromatic carbocycles. The van der Waals surface area contributed by atoms with Gasteiger partial charge in [-0.3, -0.25) is 4.79 Å². The normalized spacial score (nSPS) is 25.6. The molecule has 0 radical (unpaired) electrons. The van der Waals surface area contributed by atoms with Crippen LogP contribution in [0.2, 0.25) is 0 Å². The Hall–Kier alpha value is -2.87. The molecule has 2 saturated heterocycles. The molecule has 6 nitrogen and oxygen atoms in total. The number of hydrogen-bond donors (Lipinski definition) is 1. The standard InChI is InChI=1S/C26H29F2N5O/c1-15-22-20(13-33(24(15)34)25-9-11-32(14-25)12-10-25)23(31-17(3)30-22)29-16(2)18-5-4-6-21-19(18)7-8-26(21,27)28/h4-6,13,16H,7-12,14H2,1-3H3,(H,29,30,31)/t16-/m1/s1. The van der Waals surface area contributed by atoms with Gasteiger partial charge in [-0.2, -0.15) is 0 Å². The highest BCUT2D eigenvalue weighted by atomic mass is 19.3. The van der Waals surface area contributed by atoms with Crippen LogP contribution in [0, 0.1) is 13.8 Å². The number of anilines is 1. The Kier molecular flexibility index (Phi) is 4.66. The van der Waals surface area contributed by atoms with Crippen LogP contribution in [0.5, 0.6) is 0 Å². The number of alkyl halides is 2. The van der Waals surface area contributed by atoms with E-state index in [9.17, 15) is 13.6 Å². The second-order valence-electron chi connectivity index (χ2n) is 10.3. The van der Waals surface area contributed by atoms with Gasteiger partial charge >= 0.3 is 0 Å². The summed E-state index contributed by atoms with van der Waals surface area (Å²) in [5.74, 6) is -1.57. The lowest BCUT2D eigenvalue weighted by Gasteiger charge is -2.29. The molecule has 3 aliphatic rings. The Labute approximate surface area is 197 Å². The molecule has 3 aromatic rings. The third kappa shape index (κ3) is 3.11. The van der Waals surface area contributed by atoms with Crippen LogP contribution >= 0.6 is 0 Å². The van der Waals surface area contributed by atoms with Gasteiger partial charge in [-0.15, -0.1) is 0 Å². The predicted octanol–water partition coefficient (Wildman–Crippen LogP) is 4.42. The number of piperidine rings is 1. The maximum Gasteiger partial charge on any atom is 0.273 e. The first-order valence-corrected chi connectivity index (χ1v) is 12.1. The van der Waals surface area contributed by atoms with Gasteiger partial charge in [0.25, 0.3) is 11.5 Å². The molecule has 2 fully saturated rings. The quantitative estimate of drug-likeness (QED) is 0.618. The fourth-order valence-corrected chi connectivity index (χ4v) is 6.27. The molecule has 34 heavy (non-hydrogen) atoms. The van der Waals surface area contributed by atoms with E-state index in [2.05, 4.69) is 15.2 Å². The van der Waals surface area contributed by atoms with Crippen molar-refractivity contribution in [2.24, 2.45) is 0 Å². The highest BCUT2D eigenvalue weighted by Crippen LogP contribution is 2.44. The van der Waals surface area contributed by atoms with Crippen LogP contribution in [0.1, 0.15) is 60.3 Å². The van der Waals surface area contributed by atoms with Gasteiger partial charge in [0.15, 0.2) is 0 Å². The summed E-state index contributed by atoms with van der Waals surface area (Å²) in [6, 6.07) is 4.94. The van der Waals surface area contributed by atoms with Crippen LogP contribution < -0.4 is 10.9 Å². The molecule has 0 unspecified atom stereocenters. The van der Waals surface area contributed by atoms with Crippen LogP contribution in [-0.4, -0.2) is 39.1 Å². The lowest BCUT2D eigenvalue weighted by atomic mass is 9.94. The number of rotatable bonds is 4. The van der Waals surface area contributed by atoms with Gasteiger partial charge in [0.2, 0.25) is 0 Å². The maximum absolute atomic E-state index is 14.3. The molecule has 4 heterocycles. The van der Waals surface area contributed by atoms with Gasteiger partial charge in [0.1, 0.15) is 11.6 Å². The van der Waals surface area contributed by atoms with Crippen LogP contribution in [0.3, 0.4) is 0 Å². The van der Waals surface area contributed by atoms with E-state index in [1.165, 1.54) is 6.07 Å². The van der Waals surface area contributed by atoms with E-state index in [0.29, 0.717) is 29.1 Å². The van der Waals surface area contributed by atoms with Gasteiger partial charge in [-0.1, -0.05) is 18.2 Å². The zero-order chi connectivity index (χ0) is 23.8. The number of aryl methyl sites for hydroxylation is 2. The molecule has 178 valence electrons. The van der Waals surface area contributed by atoms with Crippen LogP contribution in [0.15, 0.2) is 29.2 Å². The van der Waals surface area contributed by atoms with Gasteiger partial charge in [-0.25, -0.2) is 18.7 Å².